The molecule has 0 saturated carbocycles. The molecule has 0 aromatic heterocycles. The molecule has 0 spiro atoms. The topological polar surface area (TPSA) is 38.0 Å². The Bertz CT molecular complexity index is 304. The van der Waals surface area contributed by atoms with Gasteiger partial charge in [0, 0.05) is 22.1 Å². The van der Waals surface area contributed by atoms with Crippen molar-refractivity contribution in [3.63, 3.8) is 0 Å². The van der Waals surface area contributed by atoms with Crippen molar-refractivity contribution >= 4 is 27.5 Å². The van der Waals surface area contributed by atoms with Gasteiger partial charge in [0.05, 0.1) is 0 Å². The first kappa shape index (κ1) is 12.0. The largest absolute Gasteiger partial charge is 0.329 e. The first-order chi connectivity index (χ1) is 6.69. The van der Waals surface area contributed by atoms with Crippen molar-refractivity contribution in [2.24, 2.45) is 5.73 Å². The molecular formula is C10H14BrClN2. The average molecular weight is 278 g/mol. The molecule has 0 heterocycles. The lowest BCUT2D eigenvalue weighted by Crippen LogP contribution is -2.28. The summed E-state index contributed by atoms with van der Waals surface area (Å²) < 4.78 is 1.04. The van der Waals surface area contributed by atoms with Gasteiger partial charge in [-0.1, -0.05) is 34.5 Å². The molecule has 1 aromatic carbocycles. The number of nitrogens with one attached hydrogen (secondary N) is 1. The molecule has 1 rings (SSSR count). The molecule has 0 bridgehead atoms. The molecule has 14 heavy (non-hydrogen) atoms. The molecule has 0 radical (unpaired) electrons. The number of hydrogen-bond acceptors (Lipinski definition) is 2. The van der Waals surface area contributed by atoms with Crippen LogP contribution in [0.4, 0.5) is 0 Å². The number of hydrogen-bond donors (Lipinski definition) is 2. The summed E-state index contributed by atoms with van der Waals surface area (Å²) in [4.78, 5) is 0. The highest BCUT2D eigenvalue weighted by Crippen LogP contribution is 2.26. The highest BCUT2D eigenvalue weighted by Gasteiger charge is 2.11. The van der Waals surface area contributed by atoms with Crippen LogP contribution in [0.3, 0.4) is 0 Å². The van der Waals surface area contributed by atoms with Gasteiger partial charge in [0.1, 0.15) is 0 Å². The molecule has 1 atom stereocenters. The molecule has 1 aromatic rings. The predicted octanol–water partition coefficient (Wildman–Crippen LogP) is 2.71. The van der Waals surface area contributed by atoms with Crippen molar-refractivity contribution < 1.29 is 0 Å². The SMILES string of the molecule is CCNC(CN)c1cc(Cl)ccc1Br. The van der Waals surface area contributed by atoms with Gasteiger partial charge in [0.25, 0.3) is 0 Å². The number of benzene rings is 1. The Hall–Kier alpha value is -0.0900. The quantitative estimate of drug-likeness (QED) is 0.888. The lowest BCUT2D eigenvalue weighted by atomic mass is 10.1. The summed E-state index contributed by atoms with van der Waals surface area (Å²) in [5.74, 6) is 0. The second-order valence-corrected chi connectivity index (χ2v) is 4.30. The van der Waals surface area contributed by atoms with Crippen molar-refractivity contribution in [1.29, 1.82) is 0 Å². The normalized spacial score (nSPS) is 12.9. The fourth-order valence-electron chi connectivity index (χ4n) is 1.35. The maximum atomic E-state index is 5.93. The third kappa shape index (κ3) is 2.95. The maximum Gasteiger partial charge on any atom is 0.0456 e. The van der Waals surface area contributed by atoms with E-state index in [1.807, 2.05) is 18.2 Å². The number of halogens is 2. The monoisotopic (exact) mass is 276 g/mol. The van der Waals surface area contributed by atoms with Crippen LogP contribution >= 0.6 is 27.5 Å². The van der Waals surface area contributed by atoms with Crippen molar-refractivity contribution in [1.82, 2.24) is 5.32 Å². The van der Waals surface area contributed by atoms with E-state index in [0.717, 1.165) is 21.6 Å². The Morgan fingerprint density at radius 2 is 2.29 bits per heavy atom. The Morgan fingerprint density at radius 1 is 1.57 bits per heavy atom. The minimum Gasteiger partial charge on any atom is -0.329 e. The number of nitrogens with two attached hydrogens (primary N) is 1. The van der Waals surface area contributed by atoms with E-state index in [1.54, 1.807) is 0 Å². The zero-order valence-electron chi connectivity index (χ0n) is 8.06. The molecule has 0 amide bonds. The Kier molecular flexibility index (Phi) is 4.89. The summed E-state index contributed by atoms with van der Waals surface area (Å²) in [7, 11) is 0. The number of rotatable bonds is 4. The zero-order chi connectivity index (χ0) is 10.6. The fraction of sp³-hybridized carbons (Fsp3) is 0.400. The van der Waals surface area contributed by atoms with Crippen molar-refractivity contribution in [3.8, 4) is 0 Å². The lowest BCUT2D eigenvalue weighted by molar-refractivity contribution is 0.560. The van der Waals surface area contributed by atoms with E-state index in [2.05, 4.69) is 28.2 Å². The van der Waals surface area contributed by atoms with Crippen LogP contribution in [0, 0.1) is 0 Å². The molecular weight excluding hydrogens is 263 g/mol. The van der Waals surface area contributed by atoms with Gasteiger partial charge in [-0.25, -0.2) is 0 Å². The van der Waals surface area contributed by atoms with E-state index >= 15 is 0 Å². The molecule has 0 aliphatic carbocycles. The van der Waals surface area contributed by atoms with Crippen molar-refractivity contribution in [3.05, 3.63) is 33.3 Å². The molecule has 78 valence electrons. The van der Waals surface area contributed by atoms with Gasteiger partial charge in [0.2, 0.25) is 0 Å². The zero-order valence-corrected chi connectivity index (χ0v) is 10.4. The summed E-state index contributed by atoms with van der Waals surface area (Å²) in [6, 6.07) is 5.89. The summed E-state index contributed by atoms with van der Waals surface area (Å²) in [5.41, 5.74) is 6.80. The van der Waals surface area contributed by atoms with Crippen molar-refractivity contribution in [2.45, 2.75) is 13.0 Å². The van der Waals surface area contributed by atoms with Gasteiger partial charge in [-0.15, -0.1) is 0 Å². The van der Waals surface area contributed by atoms with E-state index in [4.69, 9.17) is 17.3 Å². The highest BCUT2D eigenvalue weighted by molar-refractivity contribution is 9.10. The average Bonchev–Trinajstić information content (AvgIpc) is 2.18. The van der Waals surface area contributed by atoms with Crippen LogP contribution in [0.2, 0.25) is 5.02 Å². The fourth-order valence-corrected chi connectivity index (χ4v) is 2.05. The summed E-state index contributed by atoms with van der Waals surface area (Å²) >= 11 is 9.42. The van der Waals surface area contributed by atoms with Gasteiger partial charge in [0.15, 0.2) is 0 Å². The smallest absolute Gasteiger partial charge is 0.0456 e. The molecule has 0 aliphatic rings. The van der Waals surface area contributed by atoms with Crippen LogP contribution in [-0.4, -0.2) is 13.1 Å². The van der Waals surface area contributed by atoms with Gasteiger partial charge in [-0.3, -0.25) is 0 Å². The number of likely N-dealkylation sites (N-methyl/N-ethyl adjacent to an activating group) is 1. The molecule has 4 heteroatoms. The molecule has 1 unspecified atom stereocenters. The second-order valence-electron chi connectivity index (χ2n) is 3.01. The molecule has 3 N–H and O–H groups in total. The highest BCUT2D eigenvalue weighted by atomic mass is 79.9. The lowest BCUT2D eigenvalue weighted by Gasteiger charge is -2.17. The summed E-state index contributed by atoms with van der Waals surface area (Å²) in [5, 5.41) is 4.04. The van der Waals surface area contributed by atoms with Crippen molar-refractivity contribution in [2.75, 3.05) is 13.1 Å². The minimum absolute atomic E-state index is 0.160. The van der Waals surface area contributed by atoms with Gasteiger partial charge in [-0.05, 0) is 30.3 Å². The first-order valence-electron chi connectivity index (χ1n) is 4.57. The van der Waals surface area contributed by atoms with Gasteiger partial charge >= 0.3 is 0 Å². The second kappa shape index (κ2) is 5.71. The standard InChI is InChI=1S/C10H14BrClN2/c1-2-14-10(6-13)8-5-7(12)3-4-9(8)11/h3-5,10,14H,2,6,13H2,1H3. The Balaban J connectivity index is 2.96. The van der Waals surface area contributed by atoms with Crippen LogP contribution in [-0.2, 0) is 0 Å². The Labute approximate surface area is 98.0 Å². The van der Waals surface area contributed by atoms with E-state index in [1.165, 1.54) is 0 Å². The van der Waals surface area contributed by atoms with Gasteiger partial charge in [-0.2, -0.15) is 0 Å². The van der Waals surface area contributed by atoms with Crippen LogP contribution in [0.5, 0.6) is 0 Å². The maximum absolute atomic E-state index is 5.93. The van der Waals surface area contributed by atoms with Gasteiger partial charge < -0.3 is 11.1 Å². The van der Waals surface area contributed by atoms with Crippen LogP contribution < -0.4 is 11.1 Å². The van der Waals surface area contributed by atoms with E-state index in [0.29, 0.717) is 6.54 Å². The first-order valence-corrected chi connectivity index (χ1v) is 5.74. The molecule has 0 fully saturated rings. The van der Waals surface area contributed by atoms with E-state index < -0.39 is 0 Å². The van der Waals surface area contributed by atoms with E-state index in [-0.39, 0.29) is 6.04 Å². The summed E-state index contributed by atoms with van der Waals surface area (Å²) in [6.45, 7) is 3.51. The van der Waals surface area contributed by atoms with Crippen LogP contribution in [0.15, 0.2) is 22.7 Å². The minimum atomic E-state index is 0.160. The molecule has 0 saturated heterocycles. The van der Waals surface area contributed by atoms with E-state index in [9.17, 15) is 0 Å². The third-order valence-electron chi connectivity index (χ3n) is 2.02. The Morgan fingerprint density at radius 3 is 2.86 bits per heavy atom. The third-order valence-corrected chi connectivity index (χ3v) is 2.98. The predicted molar refractivity (Wildman–Crippen MR) is 64.6 cm³/mol. The molecule has 2 nitrogen and oxygen atoms in total. The van der Waals surface area contributed by atoms with Crippen LogP contribution in [0.1, 0.15) is 18.5 Å². The summed E-state index contributed by atoms with van der Waals surface area (Å²) in [6.07, 6.45) is 0. The van der Waals surface area contributed by atoms with Crippen LogP contribution in [0.25, 0.3) is 0 Å². The molecule has 0 aliphatic heterocycles.